The molecule has 2 rings (SSSR count). The van der Waals surface area contributed by atoms with E-state index >= 15 is 0 Å². The third-order valence-corrected chi connectivity index (χ3v) is 4.68. The van der Waals surface area contributed by atoms with Crippen LogP contribution in [0.5, 0.6) is 0 Å². The Bertz CT molecular complexity index is 790. The quantitative estimate of drug-likeness (QED) is 0.786. The first-order valence-electron chi connectivity index (χ1n) is 8.74. The number of carbonyl (C=O) groups is 1. The number of anilines is 1. The third-order valence-electron chi connectivity index (χ3n) is 4.68. The zero-order valence-corrected chi connectivity index (χ0v) is 16.2. The Morgan fingerprint density at radius 3 is 2.07 bits per heavy atom. The molecule has 0 aliphatic carbocycles. The predicted octanol–water partition coefficient (Wildman–Crippen LogP) is 5.09. The molecule has 0 unspecified atom stereocenters. The van der Waals surface area contributed by atoms with Gasteiger partial charge in [0.25, 0.3) is 0 Å². The van der Waals surface area contributed by atoms with Gasteiger partial charge >= 0.3 is 6.18 Å². The van der Waals surface area contributed by atoms with Gasteiger partial charge in [-0.3, -0.25) is 9.69 Å². The molecule has 0 aromatic heterocycles. The number of nitrogens with one attached hydrogen (secondary N) is 1. The van der Waals surface area contributed by atoms with E-state index in [1.807, 2.05) is 32.9 Å². The van der Waals surface area contributed by atoms with Gasteiger partial charge in [-0.15, -0.1) is 0 Å². The molecule has 0 saturated carbocycles. The molecule has 0 saturated heterocycles. The summed E-state index contributed by atoms with van der Waals surface area (Å²) in [6, 6.07) is 8.60. The van der Waals surface area contributed by atoms with Gasteiger partial charge in [-0.1, -0.05) is 29.8 Å². The second kappa shape index (κ2) is 8.13. The lowest BCUT2D eigenvalue weighted by Crippen LogP contribution is -2.39. The van der Waals surface area contributed by atoms with Gasteiger partial charge in [0.05, 0.1) is 11.6 Å². The molecular weight excluding hydrogens is 353 g/mol. The van der Waals surface area contributed by atoms with Crippen LogP contribution in [0.25, 0.3) is 0 Å². The van der Waals surface area contributed by atoms with E-state index in [0.29, 0.717) is 12.1 Å². The minimum absolute atomic E-state index is 0.153. The smallest absolute Gasteiger partial charge is 0.324 e. The van der Waals surface area contributed by atoms with E-state index in [9.17, 15) is 18.0 Å². The Morgan fingerprint density at radius 2 is 1.59 bits per heavy atom. The number of alkyl halides is 3. The highest BCUT2D eigenvalue weighted by molar-refractivity contribution is 5.95. The molecule has 0 radical (unpaired) electrons. The van der Waals surface area contributed by atoms with Crippen LogP contribution in [0.15, 0.2) is 36.4 Å². The van der Waals surface area contributed by atoms with Gasteiger partial charge < -0.3 is 5.32 Å². The lowest BCUT2D eigenvalue weighted by molar-refractivity contribution is -0.137. The fourth-order valence-electron chi connectivity index (χ4n) is 3.03. The molecule has 1 amide bonds. The minimum Gasteiger partial charge on any atom is -0.324 e. The van der Waals surface area contributed by atoms with Crippen LogP contribution in [0.4, 0.5) is 18.9 Å². The molecule has 2 aromatic rings. The Hall–Kier alpha value is -2.34. The van der Waals surface area contributed by atoms with E-state index in [1.54, 1.807) is 18.9 Å². The molecule has 1 atom stereocenters. The van der Waals surface area contributed by atoms with Crippen LogP contribution in [0, 0.1) is 20.8 Å². The Morgan fingerprint density at radius 1 is 1.07 bits per heavy atom. The van der Waals surface area contributed by atoms with E-state index in [2.05, 4.69) is 5.32 Å². The van der Waals surface area contributed by atoms with Crippen molar-refractivity contribution in [3.63, 3.8) is 0 Å². The van der Waals surface area contributed by atoms with Gasteiger partial charge in [-0.05, 0) is 63.6 Å². The molecule has 0 bridgehead atoms. The number of amides is 1. The summed E-state index contributed by atoms with van der Waals surface area (Å²) in [5, 5.41) is 2.97. The monoisotopic (exact) mass is 378 g/mol. The lowest BCUT2D eigenvalue weighted by Gasteiger charge is -2.25. The highest BCUT2D eigenvalue weighted by atomic mass is 19.4. The van der Waals surface area contributed by atoms with Crippen LogP contribution in [0.1, 0.15) is 34.7 Å². The van der Waals surface area contributed by atoms with Crippen molar-refractivity contribution in [2.75, 3.05) is 12.4 Å². The van der Waals surface area contributed by atoms with Crippen molar-refractivity contribution in [3.05, 3.63) is 64.2 Å². The largest absolute Gasteiger partial charge is 0.416 e. The van der Waals surface area contributed by atoms with E-state index in [1.165, 1.54) is 12.1 Å². The second-order valence-electron chi connectivity index (χ2n) is 7.05. The van der Waals surface area contributed by atoms with Gasteiger partial charge in [0.1, 0.15) is 0 Å². The highest BCUT2D eigenvalue weighted by Gasteiger charge is 2.30. The average molecular weight is 378 g/mol. The summed E-state index contributed by atoms with van der Waals surface area (Å²) in [7, 11) is 1.77. The zero-order chi connectivity index (χ0) is 20.4. The van der Waals surface area contributed by atoms with Crippen LogP contribution in [-0.2, 0) is 17.5 Å². The van der Waals surface area contributed by atoms with Crippen LogP contribution in [0.2, 0.25) is 0 Å². The predicted molar refractivity (Wildman–Crippen MR) is 102 cm³/mol. The molecule has 0 fully saturated rings. The summed E-state index contributed by atoms with van der Waals surface area (Å²) < 4.78 is 37.9. The molecule has 6 heteroatoms. The first kappa shape index (κ1) is 21.0. The zero-order valence-electron chi connectivity index (χ0n) is 16.2. The Labute approximate surface area is 158 Å². The summed E-state index contributed by atoms with van der Waals surface area (Å²) in [5.74, 6) is -0.153. The molecule has 0 aliphatic heterocycles. The number of hydrogen-bond donors (Lipinski definition) is 1. The van der Waals surface area contributed by atoms with Crippen LogP contribution < -0.4 is 5.32 Å². The topological polar surface area (TPSA) is 32.3 Å². The van der Waals surface area contributed by atoms with Crippen molar-refractivity contribution in [1.29, 1.82) is 0 Å². The maximum Gasteiger partial charge on any atom is 0.416 e. The number of aryl methyl sites for hydroxylation is 3. The molecule has 27 heavy (non-hydrogen) atoms. The van der Waals surface area contributed by atoms with E-state index in [-0.39, 0.29) is 5.91 Å². The molecule has 0 aliphatic rings. The summed E-state index contributed by atoms with van der Waals surface area (Å²) in [5.41, 5.74) is 3.98. The maximum atomic E-state index is 12.6. The molecule has 0 spiro atoms. The SMILES string of the molecule is Cc1cc(C)c(NC(=O)[C@@H](C)N(C)Cc2ccc(C(F)(F)F)cc2)c(C)c1. The normalized spacial score (nSPS) is 12.9. The van der Waals surface area contributed by atoms with E-state index < -0.39 is 17.8 Å². The van der Waals surface area contributed by atoms with Gasteiger partial charge in [-0.25, -0.2) is 0 Å². The van der Waals surface area contributed by atoms with Crippen molar-refractivity contribution in [2.24, 2.45) is 0 Å². The van der Waals surface area contributed by atoms with Gasteiger partial charge in [0.15, 0.2) is 0 Å². The second-order valence-corrected chi connectivity index (χ2v) is 7.05. The van der Waals surface area contributed by atoms with Crippen LogP contribution in [-0.4, -0.2) is 23.9 Å². The minimum atomic E-state index is -4.35. The number of hydrogen-bond acceptors (Lipinski definition) is 2. The summed E-state index contributed by atoms with van der Waals surface area (Å²) in [6.45, 7) is 8.06. The van der Waals surface area contributed by atoms with E-state index in [0.717, 1.165) is 34.5 Å². The Balaban J connectivity index is 2.04. The number of nitrogens with zero attached hydrogens (tertiary/aromatic N) is 1. The van der Waals surface area contributed by atoms with E-state index in [4.69, 9.17) is 0 Å². The lowest BCUT2D eigenvalue weighted by atomic mass is 10.0. The first-order chi connectivity index (χ1) is 12.5. The summed E-state index contributed by atoms with van der Waals surface area (Å²) in [6.07, 6.45) is -4.35. The van der Waals surface area contributed by atoms with Gasteiger partial charge in [0, 0.05) is 12.2 Å². The number of benzene rings is 2. The van der Waals surface area contributed by atoms with Crippen LogP contribution >= 0.6 is 0 Å². The fourth-order valence-corrected chi connectivity index (χ4v) is 3.03. The summed E-state index contributed by atoms with van der Waals surface area (Å²) >= 11 is 0. The number of likely N-dealkylation sites (N-methyl/N-ethyl adjacent to an activating group) is 1. The number of halogens is 3. The van der Waals surface area contributed by atoms with Crippen molar-refractivity contribution >= 4 is 11.6 Å². The molecular formula is C21H25F3N2O. The maximum absolute atomic E-state index is 12.6. The molecule has 146 valence electrons. The van der Waals surface area contributed by atoms with Crippen LogP contribution in [0.3, 0.4) is 0 Å². The van der Waals surface area contributed by atoms with Gasteiger partial charge in [-0.2, -0.15) is 13.2 Å². The third kappa shape index (κ3) is 5.32. The molecule has 0 heterocycles. The fraction of sp³-hybridized carbons (Fsp3) is 0.381. The highest BCUT2D eigenvalue weighted by Crippen LogP contribution is 2.29. The molecule has 2 aromatic carbocycles. The number of rotatable bonds is 5. The summed E-state index contributed by atoms with van der Waals surface area (Å²) in [4.78, 5) is 14.4. The Kier molecular flexibility index (Phi) is 6.31. The first-order valence-corrected chi connectivity index (χ1v) is 8.74. The van der Waals surface area contributed by atoms with Crippen molar-refractivity contribution < 1.29 is 18.0 Å². The number of carbonyl (C=O) groups excluding carboxylic acids is 1. The standard InChI is InChI=1S/C21H25F3N2O/c1-13-10-14(2)19(15(3)11-13)25-20(27)16(4)26(5)12-17-6-8-18(9-7-17)21(22,23)24/h6-11,16H,12H2,1-5H3,(H,25,27)/t16-/m1/s1. The van der Waals surface area contributed by atoms with Crippen molar-refractivity contribution in [1.82, 2.24) is 4.90 Å². The molecule has 3 nitrogen and oxygen atoms in total. The van der Waals surface area contributed by atoms with Crippen molar-refractivity contribution in [2.45, 2.75) is 46.5 Å². The molecule has 1 N–H and O–H groups in total. The van der Waals surface area contributed by atoms with Crippen molar-refractivity contribution in [3.8, 4) is 0 Å². The van der Waals surface area contributed by atoms with Gasteiger partial charge in [0.2, 0.25) is 5.91 Å². The average Bonchev–Trinajstić information content (AvgIpc) is 2.56.